The highest BCUT2D eigenvalue weighted by Gasteiger charge is 2.35. The fraction of sp³-hybridized carbons (Fsp3) is 0.212. The molecule has 0 bridgehead atoms. The second-order valence-electron chi connectivity index (χ2n) is 9.70. The summed E-state index contributed by atoms with van der Waals surface area (Å²) < 4.78 is 35.0. The first kappa shape index (κ1) is 31.6. The van der Waals surface area contributed by atoms with Crippen LogP contribution in [0.25, 0.3) is 0 Å². The summed E-state index contributed by atoms with van der Waals surface area (Å²) >= 11 is 6.26. The van der Waals surface area contributed by atoms with Crippen molar-refractivity contribution < 1.29 is 22.7 Å². The van der Waals surface area contributed by atoms with Crippen LogP contribution in [-0.4, -0.2) is 51.4 Å². The van der Waals surface area contributed by atoms with Crippen LogP contribution in [0.15, 0.2) is 114 Å². The van der Waals surface area contributed by atoms with Gasteiger partial charge in [0.2, 0.25) is 11.8 Å². The highest BCUT2D eigenvalue weighted by Crippen LogP contribution is 2.33. The normalized spacial score (nSPS) is 11.8. The van der Waals surface area contributed by atoms with Gasteiger partial charge in [0, 0.05) is 25.0 Å². The molecule has 1 atom stereocenters. The number of para-hydroxylation sites is 2. The van der Waals surface area contributed by atoms with Crippen LogP contribution in [0.5, 0.6) is 5.75 Å². The van der Waals surface area contributed by atoms with Crippen molar-refractivity contribution in [1.82, 2.24) is 10.2 Å². The topological polar surface area (TPSA) is 96.0 Å². The fourth-order valence-electron chi connectivity index (χ4n) is 4.73. The number of hydrogen-bond acceptors (Lipinski definition) is 5. The van der Waals surface area contributed by atoms with Gasteiger partial charge in [0.1, 0.15) is 18.3 Å². The molecule has 0 fully saturated rings. The minimum absolute atomic E-state index is 0.0163. The first-order chi connectivity index (χ1) is 20.7. The molecule has 4 aromatic rings. The van der Waals surface area contributed by atoms with E-state index in [2.05, 4.69) is 5.32 Å². The van der Waals surface area contributed by atoms with Crippen LogP contribution in [0.3, 0.4) is 0 Å². The van der Waals surface area contributed by atoms with Gasteiger partial charge in [0.15, 0.2) is 0 Å². The van der Waals surface area contributed by atoms with Crippen molar-refractivity contribution in [1.29, 1.82) is 0 Å². The molecule has 0 saturated carbocycles. The van der Waals surface area contributed by atoms with Crippen LogP contribution in [0.1, 0.15) is 18.1 Å². The Labute approximate surface area is 257 Å². The Balaban J connectivity index is 1.82. The predicted octanol–water partition coefficient (Wildman–Crippen LogP) is 5.32. The summed E-state index contributed by atoms with van der Waals surface area (Å²) in [7, 11) is -2.72. The molecule has 43 heavy (non-hydrogen) atoms. The molecule has 1 N–H and O–H groups in total. The number of ether oxygens (including phenoxy) is 1. The molecule has 0 aliphatic rings. The molecule has 10 heteroatoms. The van der Waals surface area contributed by atoms with Crippen molar-refractivity contribution in [2.75, 3.05) is 24.5 Å². The lowest BCUT2D eigenvalue weighted by Crippen LogP contribution is -2.53. The van der Waals surface area contributed by atoms with Gasteiger partial charge in [-0.05, 0) is 54.4 Å². The molecule has 1 unspecified atom stereocenters. The average molecular weight is 620 g/mol. The summed E-state index contributed by atoms with van der Waals surface area (Å²) in [6, 6.07) is 30.0. The minimum atomic E-state index is -4.23. The van der Waals surface area contributed by atoms with Crippen LogP contribution in [0.2, 0.25) is 5.02 Å². The van der Waals surface area contributed by atoms with Gasteiger partial charge in [-0.1, -0.05) is 84.4 Å². The summed E-state index contributed by atoms with van der Waals surface area (Å²) in [6.07, 6.45) is 0.216. The Bertz CT molecular complexity index is 1630. The van der Waals surface area contributed by atoms with E-state index in [1.807, 2.05) is 30.3 Å². The molecule has 8 nitrogen and oxygen atoms in total. The number of halogens is 1. The summed E-state index contributed by atoms with van der Waals surface area (Å²) in [5.74, 6) is -0.646. The number of carbonyl (C=O) groups is 2. The molecule has 0 aromatic heterocycles. The average Bonchev–Trinajstić information content (AvgIpc) is 3.02. The minimum Gasteiger partial charge on any atom is -0.492 e. The zero-order valence-corrected chi connectivity index (χ0v) is 25.6. The van der Waals surface area contributed by atoms with Gasteiger partial charge < -0.3 is 15.0 Å². The number of benzene rings is 4. The standard InChI is InChI=1S/C33H34ClN3O5S/c1-3-42-31-20-11-10-19-29(31)37(43(40,41)28-17-8-5-9-18-28)24-32(38)36(23-26-15-12-16-27(34)21-26)30(33(39)35-2)22-25-13-6-4-7-14-25/h4-21,30H,3,22-24H2,1-2H3,(H,35,39). The summed E-state index contributed by atoms with van der Waals surface area (Å²) in [5, 5.41) is 3.15. The van der Waals surface area contributed by atoms with E-state index in [1.165, 1.54) is 24.1 Å². The molecule has 0 saturated heterocycles. The zero-order chi connectivity index (χ0) is 30.8. The van der Waals surface area contributed by atoms with Crippen LogP contribution in [0.4, 0.5) is 5.69 Å². The summed E-state index contributed by atoms with van der Waals surface area (Å²) in [5.41, 5.74) is 1.74. The SMILES string of the molecule is CCOc1ccccc1N(CC(=O)N(Cc1cccc(Cl)c1)C(Cc1ccccc1)C(=O)NC)S(=O)(=O)c1ccccc1. The van der Waals surface area contributed by atoms with Crippen molar-refractivity contribution in [3.63, 3.8) is 0 Å². The number of nitrogens with one attached hydrogen (secondary N) is 1. The maximum atomic E-state index is 14.4. The zero-order valence-electron chi connectivity index (χ0n) is 24.0. The van der Waals surface area contributed by atoms with E-state index < -0.39 is 28.5 Å². The quantitative estimate of drug-likeness (QED) is 0.219. The number of anilines is 1. The van der Waals surface area contributed by atoms with Gasteiger partial charge in [0.25, 0.3) is 10.0 Å². The molecule has 0 aliphatic heterocycles. The lowest BCUT2D eigenvalue weighted by molar-refractivity contribution is -0.139. The van der Waals surface area contributed by atoms with Gasteiger partial charge in [-0.3, -0.25) is 13.9 Å². The second kappa shape index (κ2) is 14.7. The number of carbonyl (C=O) groups excluding carboxylic acids is 2. The van der Waals surface area contributed by atoms with Crippen LogP contribution >= 0.6 is 11.6 Å². The molecular formula is C33H34ClN3O5S. The largest absolute Gasteiger partial charge is 0.492 e. The van der Waals surface area contributed by atoms with Crippen molar-refractivity contribution in [2.45, 2.75) is 30.8 Å². The predicted molar refractivity (Wildman–Crippen MR) is 169 cm³/mol. The van der Waals surface area contributed by atoms with Crippen molar-refractivity contribution in [3.8, 4) is 5.75 Å². The summed E-state index contributed by atoms with van der Waals surface area (Å²) in [6.45, 7) is 1.53. The fourth-order valence-corrected chi connectivity index (χ4v) is 6.38. The maximum Gasteiger partial charge on any atom is 0.264 e. The van der Waals surface area contributed by atoms with E-state index in [4.69, 9.17) is 16.3 Å². The van der Waals surface area contributed by atoms with Gasteiger partial charge in [-0.25, -0.2) is 8.42 Å². The lowest BCUT2D eigenvalue weighted by Gasteiger charge is -2.34. The van der Waals surface area contributed by atoms with E-state index in [1.54, 1.807) is 73.7 Å². The number of sulfonamides is 1. The van der Waals surface area contributed by atoms with Crippen molar-refractivity contribution in [2.24, 2.45) is 0 Å². The third-order valence-electron chi connectivity index (χ3n) is 6.80. The molecule has 4 rings (SSSR count). The lowest BCUT2D eigenvalue weighted by atomic mass is 10.0. The second-order valence-corrected chi connectivity index (χ2v) is 12.0. The first-order valence-corrected chi connectivity index (χ1v) is 15.7. The third-order valence-corrected chi connectivity index (χ3v) is 8.81. The molecule has 0 aliphatic carbocycles. The number of amides is 2. The van der Waals surface area contributed by atoms with Crippen molar-refractivity contribution in [3.05, 3.63) is 125 Å². The van der Waals surface area contributed by atoms with E-state index in [-0.39, 0.29) is 29.5 Å². The molecule has 0 spiro atoms. The van der Waals surface area contributed by atoms with Crippen LogP contribution < -0.4 is 14.4 Å². The maximum absolute atomic E-state index is 14.4. The Morgan fingerprint density at radius 1 is 0.860 bits per heavy atom. The highest BCUT2D eigenvalue weighted by molar-refractivity contribution is 7.92. The third kappa shape index (κ3) is 7.94. The van der Waals surface area contributed by atoms with Crippen LogP contribution in [0, 0.1) is 0 Å². The Morgan fingerprint density at radius 2 is 1.49 bits per heavy atom. The number of rotatable bonds is 13. The van der Waals surface area contributed by atoms with Gasteiger partial charge >= 0.3 is 0 Å². The number of nitrogens with zero attached hydrogens (tertiary/aromatic N) is 2. The van der Waals surface area contributed by atoms with E-state index in [9.17, 15) is 18.0 Å². The molecule has 4 aromatic carbocycles. The van der Waals surface area contributed by atoms with Crippen molar-refractivity contribution >= 4 is 39.1 Å². The number of likely N-dealkylation sites (N-methyl/N-ethyl adjacent to an activating group) is 1. The summed E-state index contributed by atoms with van der Waals surface area (Å²) in [4.78, 5) is 29.2. The Kier molecular flexibility index (Phi) is 10.8. The van der Waals surface area contributed by atoms with E-state index in [0.717, 1.165) is 9.87 Å². The van der Waals surface area contributed by atoms with E-state index >= 15 is 0 Å². The molecule has 0 heterocycles. The number of hydrogen-bond donors (Lipinski definition) is 1. The van der Waals surface area contributed by atoms with E-state index in [0.29, 0.717) is 22.9 Å². The smallest absolute Gasteiger partial charge is 0.264 e. The van der Waals surface area contributed by atoms with Gasteiger partial charge in [-0.2, -0.15) is 0 Å². The monoisotopic (exact) mass is 619 g/mol. The molecular weight excluding hydrogens is 586 g/mol. The molecule has 0 radical (unpaired) electrons. The van der Waals surface area contributed by atoms with Crippen LogP contribution in [-0.2, 0) is 32.6 Å². The molecule has 2 amide bonds. The van der Waals surface area contributed by atoms with Gasteiger partial charge in [0.05, 0.1) is 17.2 Å². The highest BCUT2D eigenvalue weighted by atomic mass is 35.5. The Morgan fingerprint density at radius 3 is 2.14 bits per heavy atom. The first-order valence-electron chi connectivity index (χ1n) is 13.8. The van der Waals surface area contributed by atoms with Gasteiger partial charge in [-0.15, -0.1) is 0 Å². The molecule has 224 valence electrons. The Hall–Kier alpha value is -4.34.